The van der Waals surface area contributed by atoms with E-state index in [-0.39, 0.29) is 28.9 Å². The molecule has 1 aliphatic heterocycles. The van der Waals surface area contributed by atoms with Crippen molar-refractivity contribution in [2.45, 2.75) is 79.9 Å². The van der Waals surface area contributed by atoms with Crippen molar-refractivity contribution in [1.29, 1.82) is 0 Å². The van der Waals surface area contributed by atoms with Crippen molar-refractivity contribution < 1.29 is 9.53 Å². The zero-order valence-corrected chi connectivity index (χ0v) is 14.5. The molecule has 118 valence electrons. The lowest BCUT2D eigenvalue weighted by atomic mass is 9.83. The fourth-order valence-electron chi connectivity index (χ4n) is 2.87. The first-order chi connectivity index (χ1) is 9.05. The topological polar surface area (TPSA) is 29.5 Å². The van der Waals surface area contributed by atoms with Crippen LogP contribution in [-0.2, 0) is 9.53 Å². The number of carbonyl (C=O) groups is 1. The summed E-state index contributed by atoms with van der Waals surface area (Å²) >= 11 is 0. The highest BCUT2D eigenvalue weighted by Gasteiger charge is 2.36. The van der Waals surface area contributed by atoms with Gasteiger partial charge in [-0.05, 0) is 24.2 Å². The van der Waals surface area contributed by atoms with Gasteiger partial charge in [0.1, 0.15) is 0 Å². The summed E-state index contributed by atoms with van der Waals surface area (Å²) in [6.07, 6.45) is 3.12. The lowest BCUT2D eigenvalue weighted by Crippen LogP contribution is -2.36. The van der Waals surface area contributed by atoms with E-state index in [1.807, 2.05) is 4.90 Å². The molecule has 1 unspecified atom stereocenters. The minimum Gasteiger partial charge on any atom is -0.372 e. The normalized spacial score (nSPS) is 22.4. The number of hydrogen-bond donors (Lipinski definition) is 0. The lowest BCUT2D eigenvalue weighted by molar-refractivity contribution is -0.129. The summed E-state index contributed by atoms with van der Waals surface area (Å²) in [5.41, 5.74) is 0.326. The van der Waals surface area contributed by atoms with Gasteiger partial charge in [-0.25, -0.2) is 0 Å². The number of amides is 1. The summed E-state index contributed by atoms with van der Waals surface area (Å²) in [4.78, 5) is 14.0. The third kappa shape index (κ3) is 5.08. The molecule has 3 heteroatoms. The molecule has 1 heterocycles. The second-order valence-electron chi connectivity index (χ2n) is 8.18. The first kappa shape index (κ1) is 17.5. The van der Waals surface area contributed by atoms with Crippen molar-refractivity contribution in [2.24, 2.45) is 10.8 Å². The van der Waals surface area contributed by atoms with Crippen LogP contribution in [0.3, 0.4) is 0 Å². The quantitative estimate of drug-likeness (QED) is 0.740. The van der Waals surface area contributed by atoms with Crippen LogP contribution in [0.2, 0.25) is 0 Å². The van der Waals surface area contributed by atoms with Crippen molar-refractivity contribution in [3.8, 4) is 0 Å². The Kier molecular flexibility index (Phi) is 5.65. The molecule has 3 nitrogen and oxygen atoms in total. The molecular formula is C17H33NO2. The van der Waals surface area contributed by atoms with Gasteiger partial charge in [0.25, 0.3) is 0 Å². The third-order valence-corrected chi connectivity index (χ3v) is 4.24. The van der Waals surface area contributed by atoms with E-state index in [0.29, 0.717) is 6.42 Å². The third-order valence-electron chi connectivity index (χ3n) is 4.24. The SMILES string of the molecule is CCCC(C)(C)[C@@H](C)OC1CC(=O)N(CC(C)(C)C)C1. The Labute approximate surface area is 125 Å². The summed E-state index contributed by atoms with van der Waals surface area (Å²) in [6, 6.07) is 0. The molecule has 20 heavy (non-hydrogen) atoms. The van der Waals surface area contributed by atoms with Gasteiger partial charge in [0.15, 0.2) is 0 Å². The minimum absolute atomic E-state index is 0.0657. The largest absolute Gasteiger partial charge is 0.372 e. The predicted octanol–water partition coefficient (Wildman–Crippen LogP) is 3.86. The fourth-order valence-corrected chi connectivity index (χ4v) is 2.87. The Hall–Kier alpha value is -0.570. The Morgan fingerprint density at radius 3 is 2.40 bits per heavy atom. The first-order valence-corrected chi connectivity index (χ1v) is 7.98. The molecule has 0 spiro atoms. The van der Waals surface area contributed by atoms with E-state index < -0.39 is 0 Å². The molecule has 1 aliphatic rings. The molecule has 1 saturated heterocycles. The summed E-state index contributed by atoms with van der Waals surface area (Å²) in [7, 11) is 0. The van der Waals surface area contributed by atoms with E-state index in [2.05, 4.69) is 48.5 Å². The van der Waals surface area contributed by atoms with Crippen LogP contribution in [0.4, 0.5) is 0 Å². The Morgan fingerprint density at radius 1 is 1.30 bits per heavy atom. The van der Waals surface area contributed by atoms with Gasteiger partial charge in [-0.15, -0.1) is 0 Å². The monoisotopic (exact) mass is 283 g/mol. The molecule has 1 fully saturated rings. The molecule has 0 aliphatic carbocycles. The van der Waals surface area contributed by atoms with Gasteiger partial charge in [0.2, 0.25) is 5.91 Å². The molecule has 1 amide bonds. The first-order valence-electron chi connectivity index (χ1n) is 7.98. The maximum atomic E-state index is 12.1. The molecule has 0 aromatic heterocycles. The van der Waals surface area contributed by atoms with Gasteiger partial charge in [0.05, 0.1) is 18.6 Å². The van der Waals surface area contributed by atoms with Crippen molar-refractivity contribution in [3.63, 3.8) is 0 Å². The summed E-state index contributed by atoms with van der Waals surface area (Å²) in [5, 5.41) is 0. The molecule has 0 aromatic carbocycles. The van der Waals surface area contributed by atoms with Crippen molar-refractivity contribution >= 4 is 5.91 Å². The lowest BCUT2D eigenvalue weighted by Gasteiger charge is -2.33. The Balaban J connectivity index is 2.53. The number of rotatable bonds is 6. The minimum atomic E-state index is 0.0657. The van der Waals surface area contributed by atoms with Crippen molar-refractivity contribution in [3.05, 3.63) is 0 Å². The van der Waals surface area contributed by atoms with E-state index in [1.165, 1.54) is 6.42 Å². The van der Waals surface area contributed by atoms with Crippen molar-refractivity contribution in [1.82, 2.24) is 4.90 Å². The van der Waals surface area contributed by atoms with Gasteiger partial charge in [-0.2, -0.15) is 0 Å². The predicted molar refractivity (Wildman–Crippen MR) is 83.7 cm³/mol. The van der Waals surface area contributed by atoms with Crippen LogP contribution in [0.25, 0.3) is 0 Å². The van der Waals surface area contributed by atoms with Crippen LogP contribution in [0.1, 0.15) is 67.7 Å². The van der Waals surface area contributed by atoms with Crippen LogP contribution in [0, 0.1) is 10.8 Å². The van der Waals surface area contributed by atoms with Crippen molar-refractivity contribution in [2.75, 3.05) is 13.1 Å². The summed E-state index contributed by atoms with van der Waals surface area (Å²) in [6.45, 7) is 16.9. The maximum Gasteiger partial charge on any atom is 0.225 e. The van der Waals surface area contributed by atoms with Crippen LogP contribution in [0.15, 0.2) is 0 Å². The van der Waals surface area contributed by atoms with E-state index in [4.69, 9.17) is 4.74 Å². The summed E-state index contributed by atoms with van der Waals surface area (Å²) < 4.78 is 6.18. The van der Waals surface area contributed by atoms with Crippen LogP contribution in [-0.4, -0.2) is 36.1 Å². The number of ether oxygens (including phenoxy) is 1. The highest BCUT2D eigenvalue weighted by atomic mass is 16.5. The zero-order valence-electron chi connectivity index (χ0n) is 14.5. The van der Waals surface area contributed by atoms with Gasteiger partial charge < -0.3 is 9.64 Å². The second kappa shape index (κ2) is 6.46. The van der Waals surface area contributed by atoms with E-state index in [0.717, 1.165) is 19.5 Å². The van der Waals surface area contributed by atoms with Crippen LogP contribution >= 0.6 is 0 Å². The fraction of sp³-hybridized carbons (Fsp3) is 0.941. The molecule has 2 atom stereocenters. The average Bonchev–Trinajstić information content (AvgIpc) is 2.56. The maximum absolute atomic E-state index is 12.1. The van der Waals surface area contributed by atoms with Crippen LogP contribution in [0.5, 0.6) is 0 Å². The van der Waals surface area contributed by atoms with Gasteiger partial charge >= 0.3 is 0 Å². The molecular weight excluding hydrogens is 250 g/mol. The van der Waals surface area contributed by atoms with E-state index in [9.17, 15) is 4.79 Å². The van der Waals surface area contributed by atoms with Gasteiger partial charge in [-0.1, -0.05) is 48.0 Å². The average molecular weight is 283 g/mol. The highest BCUT2D eigenvalue weighted by Crippen LogP contribution is 2.31. The van der Waals surface area contributed by atoms with E-state index >= 15 is 0 Å². The summed E-state index contributed by atoms with van der Waals surface area (Å²) in [5.74, 6) is 0.241. The second-order valence-corrected chi connectivity index (χ2v) is 8.18. The number of likely N-dealkylation sites (tertiary alicyclic amines) is 1. The molecule has 0 N–H and O–H groups in total. The molecule has 0 saturated carbocycles. The standard InChI is InChI=1S/C17H33NO2/c1-8-9-17(6,7)13(2)20-14-10-15(19)18(11-14)12-16(3,4)5/h13-14H,8-12H2,1-7H3/t13-,14?/m1/s1. The zero-order chi connectivity index (χ0) is 15.6. The highest BCUT2D eigenvalue weighted by molar-refractivity contribution is 5.79. The number of carbonyl (C=O) groups excluding carboxylic acids is 1. The number of hydrogen-bond acceptors (Lipinski definition) is 2. The van der Waals surface area contributed by atoms with Gasteiger partial charge in [-0.3, -0.25) is 4.79 Å². The molecule has 1 rings (SSSR count). The number of nitrogens with zero attached hydrogens (tertiary/aromatic N) is 1. The van der Waals surface area contributed by atoms with E-state index in [1.54, 1.807) is 0 Å². The van der Waals surface area contributed by atoms with Gasteiger partial charge in [0, 0.05) is 13.1 Å². The Bertz CT molecular complexity index is 330. The Morgan fingerprint density at radius 2 is 1.90 bits per heavy atom. The molecule has 0 aromatic rings. The van der Waals surface area contributed by atoms with Crippen LogP contribution < -0.4 is 0 Å². The molecule has 0 radical (unpaired) electrons. The molecule has 0 bridgehead atoms. The smallest absolute Gasteiger partial charge is 0.225 e.